The monoisotopic (exact) mass is 286 g/mol. The summed E-state index contributed by atoms with van der Waals surface area (Å²) in [6, 6.07) is 6.15. The zero-order valence-corrected chi connectivity index (χ0v) is 12.0. The van der Waals surface area contributed by atoms with E-state index in [2.05, 4.69) is 4.74 Å². The van der Waals surface area contributed by atoms with Gasteiger partial charge in [-0.25, -0.2) is 13.6 Å². The number of carbonyl (C=O) groups is 1. The van der Waals surface area contributed by atoms with Crippen LogP contribution >= 0.6 is 0 Å². The summed E-state index contributed by atoms with van der Waals surface area (Å²) in [5, 5.41) is 5.02. The molecule has 1 aromatic carbocycles. The fourth-order valence-corrected chi connectivity index (χ4v) is 2.20. The number of hydrogen-bond donors (Lipinski definition) is 1. The molecule has 1 aromatic rings. The molecule has 0 aliphatic carbocycles. The van der Waals surface area contributed by atoms with Crippen LogP contribution in [-0.4, -0.2) is 35.1 Å². The lowest BCUT2D eigenvalue weighted by Gasteiger charge is -2.22. The smallest absolute Gasteiger partial charge is 0.310 e. The van der Waals surface area contributed by atoms with E-state index in [1.54, 1.807) is 19.1 Å². The minimum Gasteiger partial charge on any atom is -0.469 e. The van der Waals surface area contributed by atoms with Crippen LogP contribution in [0.15, 0.2) is 29.2 Å². The Morgan fingerprint density at radius 3 is 2.32 bits per heavy atom. The number of nitrogens with zero attached hydrogens (tertiary/aromatic N) is 1. The molecule has 0 spiro atoms. The second-order valence-corrected chi connectivity index (χ2v) is 5.91. The number of primary sulfonamides is 1. The number of hydrogen-bond acceptors (Lipinski definition) is 5. The third-order valence-electron chi connectivity index (χ3n) is 2.76. The van der Waals surface area contributed by atoms with Gasteiger partial charge in [0.05, 0.1) is 17.9 Å². The summed E-state index contributed by atoms with van der Waals surface area (Å²) in [5.74, 6) is -0.555. The van der Waals surface area contributed by atoms with Crippen molar-refractivity contribution in [2.45, 2.75) is 11.8 Å². The molecule has 0 amide bonds. The molecular weight excluding hydrogens is 268 g/mol. The number of esters is 1. The number of carbonyl (C=O) groups excluding carboxylic acids is 1. The highest BCUT2D eigenvalue weighted by Gasteiger charge is 2.16. The van der Waals surface area contributed by atoms with Crippen LogP contribution in [-0.2, 0) is 19.6 Å². The maximum Gasteiger partial charge on any atom is 0.310 e. The Morgan fingerprint density at radius 2 is 1.89 bits per heavy atom. The van der Waals surface area contributed by atoms with Crippen LogP contribution < -0.4 is 10.0 Å². The number of ether oxygens (including phenoxy) is 1. The second kappa shape index (κ2) is 6.03. The number of benzene rings is 1. The van der Waals surface area contributed by atoms with Crippen molar-refractivity contribution in [2.75, 3.05) is 25.6 Å². The lowest BCUT2D eigenvalue weighted by molar-refractivity contribution is -0.144. The van der Waals surface area contributed by atoms with Crippen molar-refractivity contribution in [3.8, 4) is 0 Å². The molecule has 1 atom stereocenters. The Balaban J connectivity index is 2.79. The molecule has 106 valence electrons. The van der Waals surface area contributed by atoms with Gasteiger partial charge in [-0.1, -0.05) is 6.92 Å². The molecule has 0 radical (unpaired) electrons. The first-order chi connectivity index (χ1) is 8.75. The Morgan fingerprint density at radius 1 is 1.37 bits per heavy atom. The molecule has 1 rings (SSSR count). The third-order valence-corrected chi connectivity index (χ3v) is 3.69. The van der Waals surface area contributed by atoms with E-state index in [0.717, 1.165) is 5.69 Å². The van der Waals surface area contributed by atoms with Gasteiger partial charge < -0.3 is 9.64 Å². The molecule has 7 heteroatoms. The number of sulfonamides is 1. The van der Waals surface area contributed by atoms with Gasteiger partial charge in [0.25, 0.3) is 0 Å². The van der Waals surface area contributed by atoms with Crippen LogP contribution in [0.4, 0.5) is 5.69 Å². The highest BCUT2D eigenvalue weighted by molar-refractivity contribution is 7.89. The third kappa shape index (κ3) is 4.22. The number of anilines is 1. The van der Waals surface area contributed by atoms with E-state index in [4.69, 9.17) is 5.14 Å². The molecule has 6 nitrogen and oxygen atoms in total. The van der Waals surface area contributed by atoms with Gasteiger partial charge in [0, 0.05) is 19.3 Å². The van der Waals surface area contributed by atoms with Crippen molar-refractivity contribution in [2.24, 2.45) is 11.1 Å². The summed E-state index contributed by atoms with van der Waals surface area (Å²) in [4.78, 5) is 13.2. The maximum absolute atomic E-state index is 11.3. The molecular formula is C12H18N2O4S. The van der Waals surface area contributed by atoms with Crippen LogP contribution in [0.25, 0.3) is 0 Å². The van der Waals surface area contributed by atoms with Crippen molar-refractivity contribution in [1.82, 2.24) is 0 Å². The summed E-state index contributed by atoms with van der Waals surface area (Å²) >= 11 is 0. The fourth-order valence-electron chi connectivity index (χ4n) is 1.68. The lowest BCUT2D eigenvalue weighted by Crippen LogP contribution is -2.29. The van der Waals surface area contributed by atoms with Crippen molar-refractivity contribution in [3.63, 3.8) is 0 Å². The number of nitrogens with two attached hydrogens (primary N) is 1. The second-order valence-electron chi connectivity index (χ2n) is 4.34. The summed E-state index contributed by atoms with van der Waals surface area (Å²) in [6.45, 7) is 2.24. The van der Waals surface area contributed by atoms with E-state index in [0.29, 0.717) is 6.54 Å². The first-order valence-electron chi connectivity index (χ1n) is 5.67. The van der Waals surface area contributed by atoms with Crippen LogP contribution in [0.5, 0.6) is 0 Å². The normalized spacial score (nSPS) is 12.8. The molecule has 0 bridgehead atoms. The van der Waals surface area contributed by atoms with Gasteiger partial charge in [0.1, 0.15) is 0 Å². The molecule has 0 heterocycles. The Kier molecular flexibility index (Phi) is 4.90. The van der Waals surface area contributed by atoms with Crippen LogP contribution in [0.1, 0.15) is 6.92 Å². The molecule has 19 heavy (non-hydrogen) atoms. The zero-order chi connectivity index (χ0) is 14.6. The van der Waals surface area contributed by atoms with Crippen molar-refractivity contribution in [3.05, 3.63) is 24.3 Å². The molecule has 0 saturated carbocycles. The molecule has 2 N–H and O–H groups in total. The number of rotatable bonds is 5. The minimum absolute atomic E-state index is 0.0608. The highest BCUT2D eigenvalue weighted by atomic mass is 32.2. The van der Waals surface area contributed by atoms with E-state index in [1.807, 2.05) is 11.9 Å². The standard InChI is InChI=1S/C12H18N2O4S/c1-9(12(15)18-3)8-14(2)10-4-6-11(7-5-10)19(13,16)17/h4-7,9H,8H2,1-3H3,(H2,13,16,17). The highest BCUT2D eigenvalue weighted by Crippen LogP contribution is 2.17. The van der Waals surface area contributed by atoms with Gasteiger partial charge in [-0.3, -0.25) is 4.79 Å². The van der Waals surface area contributed by atoms with Gasteiger partial charge in [-0.15, -0.1) is 0 Å². The molecule has 1 unspecified atom stereocenters. The Labute approximate surface area is 113 Å². The van der Waals surface area contributed by atoms with Crippen LogP contribution in [0.3, 0.4) is 0 Å². The van der Waals surface area contributed by atoms with Gasteiger partial charge >= 0.3 is 5.97 Å². The van der Waals surface area contributed by atoms with E-state index < -0.39 is 10.0 Å². The summed E-state index contributed by atoms with van der Waals surface area (Å²) < 4.78 is 26.9. The van der Waals surface area contributed by atoms with E-state index in [-0.39, 0.29) is 16.8 Å². The van der Waals surface area contributed by atoms with E-state index >= 15 is 0 Å². The van der Waals surface area contributed by atoms with Gasteiger partial charge in [-0.05, 0) is 24.3 Å². The van der Waals surface area contributed by atoms with Gasteiger partial charge in [0.15, 0.2) is 0 Å². The van der Waals surface area contributed by atoms with Crippen molar-refractivity contribution in [1.29, 1.82) is 0 Å². The fraction of sp³-hybridized carbons (Fsp3) is 0.417. The maximum atomic E-state index is 11.3. The molecule has 0 saturated heterocycles. The van der Waals surface area contributed by atoms with E-state index in [9.17, 15) is 13.2 Å². The first-order valence-corrected chi connectivity index (χ1v) is 7.22. The lowest BCUT2D eigenvalue weighted by atomic mass is 10.1. The Bertz CT molecular complexity index is 539. The van der Waals surface area contributed by atoms with Crippen LogP contribution in [0, 0.1) is 5.92 Å². The summed E-state index contributed by atoms with van der Waals surface area (Å²) in [5.41, 5.74) is 0.795. The predicted molar refractivity (Wildman–Crippen MR) is 72.3 cm³/mol. The molecule has 0 aromatic heterocycles. The van der Waals surface area contributed by atoms with Crippen molar-refractivity contribution >= 4 is 21.7 Å². The topological polar surface area (TPSA) is 89.7 Å². The molecule has 0 aliphatic heterocycles. The average molecular weight is 286 g/mol. The minimum atomic E-state index is -3.68. The van der Waals surface area contributed by atoms with E-state index in [1.165, 1.54) is 19.2 Å². The van der Waals surface area contributed by atoms with Gasteiger partial charge in [-0.2, -0.15) is 0 Å². The first kappa shape index (κ1) is 15.5. The quantitative estimate of drug-likeness (QED) is 0.800. The number of methoxy groups -OCH3 is 1. The molecule has 0 aliphatic rings. The summed E-state index contributed by atoms with van der Waals surface area (Å²) in [7, 11) is -0.520. The predicted octanol–water partition coefficient (Wildman–Crippen LogP) is 0.579. The van der Waals surface area contributed by atoms with Crippen LogP contribution in [0.2, 0.25) is 0 Å². The SMILES string of the molecule is COC(=O)C(C)CN(C)c1ccc(S(N)(=O)=O)cc1. The Hall–Kier alpha value is -1.60. The van der Waals surface area contributed by atoms with Crippen molar-refractivity contribution < 1.29 is 17.9 Å². The summed E-state index contributed by atoms with van der Waals surface area (Å²) in [6.07, 6.45) is 0. The zero-order valence-electron chi connectivity index (χ0n) is 11.2. The largest absolute Gasteiger partial charge is 0.469 e. The molecule has 0 fully saturated rings. The average Bonchev–Trinajstić information content (AvgIpc) is 2.36. The van der Waals surface area contributed by atoms with Gasteiger partial charge in [0.2, 0.25) is 10.0 Å².